The Kier molecular flexibility index (Phi) is 5.30. The summed E-state index contributed by atoms with van der Waals surface area (Å²) < 4.78 is 10.4. The number of aromatic carboxylic acids is 1. The van der Waals surface area contributed by atoms with Gasteiger partial charge in [-0.3, -0.25) is 0 Å². The fourth-order valence-corrected chi connectivity index (χ4v) is 2.23. The average molecular weight is 324 g/mol. The van der Waals surface area contributed by atoms with Crippen LogP contribution in [0.3, 0.4) is 0 Å². The molecular weight excluding hydrogens is 300 g/mol. The number of nitrogens with one attached hydrogen (secondary N) is 2. The monoisotopic (exact) mass is 324 g/mol. The Morgan fingerprint density at radius 3 is 2.65 bits per heavy atom. The maximum absolute atomic E-state index is 11.7. The van der Waals surface area contributed by atoms with Crippen LogP contribution < -0.4 is 10.6 Å². The second-order valence-corrected chi connectivity index (χ2v) is 6.81. The lowest BCUT2D eigenvalue weighted by atomic mass is 10.2. The number of carboxylic acid groups (broad SMARTS) is 1. The molecule has 1 amide bonds. The SMILES string of the molecule is CC(C)(C)OC(=O)NCC(NCc1cc(C(=O)O)co1)C1CC1. The van der Waals surface area contributed by atoms with Gasteiger partial charge in [0.1, 0.15) is 17.6 Å². The van der Waals surface area contributed by atoms with E-state index in [-0.39, 0.29) is 11.6 Å². The smallest absolute Gasteiger partial charge is 0.407 e. The summed E-state index contributed by atoms with van der Waals surface area (Å²) in [5, 5.41) is 15.0. The molecule has 0 bridgehead atoms. The van der Waals surface area contributed by atoms with Crippen molar-refractivity contribution < 1.29 is 23.8 Å². The summed E-state index contributed by atoms with van der Waals surface area (Å²) in [7, 11) is 0. The zero-order valence-corrected chi connectivity index (χ0v) is 13.7. The number of carbonyl (C=O) groups excluding carboxylic acids is 1. The van der Waals surface area contributed by atoms with Gasteiger partial charge in [-0.1, -0.05) is 0 Å². The topological polar surface area (TPSA) is 101 Å². The normalized spacial score (nSPS) is 16.0. The van der Waals surface area contributed by atoms with Crippen LogP contribution in [-0.4, -0.2) is 35.4 Å². The van der Waals surface area contributed by atoms with Gasteiger partial charge in [-0.15, -0.1) is 0 Å². The van der Waals surface area contributed by atoms with Crippen LogP contribution in [0.2, 0.25) is 0 Å². The summed E-state index contributed by atoms with van der Waals surface area (Å²) in [4.78, 5) is 22.5. The lowest BCUT2D eigenvalue weighted by Gasteiger charge is -2.22. The molecule has 1 heterocycles. The summed E-state index contributed by atoms with van der Waals surface area (Å²) in [6, 6.07) is 1.61. The number of amides is 1. The van der Waals surface area contributed by atoms with Crippen LogP contribution in [-0.2, 0) is 11.3 Å². The molecule has 0 saturated heterocycles. The lowest BCUT2D eigenvalue weighted by Crippen LogP contribution is -2.43. The highest BCUT2D eigenvalue weighted by Crippen LogP contribution is 2.32. The van der Waals surface area contributed by atoms with Crippen molar-refractivity contribution in [3.8, 4) is 0 Å². The van der Waals surface area contributed by atoms with Gasteiger partial charge in [-0.05, 0) is 45.6 Å². The van der Waals surface area contributed by atoms with E-state index in [4.69, 9.17) is 14.3 Å². The molecule has 7 heteroatoms. The summed E-state index contributed by atoms with van der Waals surface area (Å²) in [5.41, 5.74) is -0.384. The molecule has 1 fully saturated rings. The first kappa shape index (κ1) is 17.3. The number of hydrogen-bond donors (Lipinski definition) is 3. The molecule has 7 nitrogen and oxygen atoms in total. The van der Waals surface area contributed by atoms with Gasteiger partial charge in [0.2, 0.25) is 0 Å². The molecule has 0 aliphatic heterocycles. The predicted octanol–water partition coefficient (Wildman–Crippen LogP) is 2.37. The van der Waals surface area contributed by atoms with E-state index in [1.165, 1.54) is 12.3 Å². The van der Waals surface area contributed by atoms with E-state index in [9.17, 15) is 9.59 Å². The van der Waals surface area contributed by atoms with E-state index >= 15 is 0 Å². The molecule has 2 rings (SSSR count). The Bertz CT molecular complexity index is 557. The van der Waals surface area contributed by atoms with Gasteiger partial charge < -0.3 is 24.9 Å². The van der Waals surface area contributed by atoms with E-state index in [1.807, 2.05) is 20.8 Å². The van der Waals surface area contributed by atoms with Gasteiger partial charge in [0.05, 0.1) is 12.1 Å². The Labute approximate surface area is 135 Å². The van der Waals surface area contributed by atoms with Crippen molar-refractivity contribution >= 4 is 12.1 Å². The quantitative estimate of drug-likeness (QED) is 0.712. The second-order valence-electron chi connectivity index (χ2n) is 6.81. The van der Waals surface area contributed by atoms with Gasteiger partial charge >= 0.3 is 12.1 Å². The Balaban J connectivity index is 1.80. The van der Waals surface area contributed by atoms with Crippen molar-refractivity contribution in [2.45, 2.75) is 51.8 Å². The van der Waals surface area contributed by atoms with Crippen LogP contribution in [0.4, 0.5) is 4.79 Å². The molecule has 1 aromatic rings. The number of carbonyl (C=O) groups is 2. The molecule has 0 radical (unpaired) electrons. The van der Waals surface area contributed by atoms with Crippen LogP contribution in [0, 0.1) is 5.92 Å². The molecule has 0 aromatic carbocycles. The second kappa shape index (κ2) is 7.04. The average Bonchev–Trinajstić information content (AvgIpc) is 3.14. The van der Waals surface area contributed by atoms with Crippen LogP contribution in [0.1, 0.15) is 49.7 Å². The van der Waals surface area contributed by atoms with Crippen molar-refractivity contribution in [1.29, 1.82) is 0 Å². The predicted molar refractivity (Wildman–Crippen MR) is 83.3 cm³/mol. The van der Waals surface area contributed by atoms with Crippen LogP contribution in [0.5, 0.6) is 0 Å². The van der Waals surface area contributed by atoms with Gasteiger partial charge in [0.25, 0.3) is 0 Å². The summed E-state index contributed by atoms with van der Waals surface area (Å²) in [6.45, 7) is 6.34. The summed E-state index contributed by atoms with van der Waals surface area (Å²) >= 11 is 0. The third-order valence-corrected chi connectivity index (χ3v) is 3.50. The molecule has 1 saturated carbocycles. The fraction of sp³-hybridized carbons (Fsp3) is 0.625. The lowest BCUT2D eigenvalue weighted by molar-refractivity contribution is 0.0520. The first-order valence-corrected chi connectivity index (χ1v) is 7.75. The Morgan fingerprint density at radius 1 is 1.43 bits per heavy atom. The van der Waals surface area contributed by atoms with E-state index in [0.717, 1.165) is 12.8 Å². The first-order valence-electron chi connectivity index (χ1n) is 7.75. The molecule has 23 heavy (non-hydrogen) atoms. The molecule has 0 spiro atoms. The summed E-state index contributed by atoms with van der Waals surface area (Å²) in [5.74, 6) is 0.0643. The highest BCUT2D eigenvalue weighted by molar-refractivity contribution is 5.87. The van der Waals surface area contributed by atoms with Crippen LogP contribution in [0.15, 0.2) is 16.7 Å². The maximum Gasteiger partial charge on any atom is 0.407 e. The number of rotatable bonds is 7. The Hall–Kier alpha value is -2.02. The molecule has 1 unspecified atom stereocenters. The highest BCUT2D eigenvalue weighted by atomic mass is 16.6. The minimum Gasteiger partial charge on any atom is -0.478 e. The van der Waals surface area contributed by atoms with Gasteiger partial charge in [0.15, 0.2) is 0 Å². The third kappa shape index (κ3) is 5.94. The molecule has 128 valence electrons. The number of hydrogen-bond acceptors (Lipinski definition) is 5. The zero-order valence-electron chi connectivity index (χ0n) is 13.7. The van der Waals surface area contributed by atoms with Crippen LogP contribution in [0.25, 0.3) is 0 Å². The molecule has 1 aliphatic carbocycles. The molecule has 1 atom stereocenters. The highest BCUT2D eigenvalue weighted by Gasteiger charge is 2.31. The van der Waals surface area contributed by atoms with E-state index in [1.54, 1.807) is 0 Å². The largest absolute Gasteiger partial charge is 0.478 e. The van der Waals surface area contributed by atoms with E-state index < -0.39 is 17.7 Å². The number of furan rings is 1. The molecular formula is C16H24N2O5. The molecule has 1 aliphatic rings. The third-order valence-electron chi connectivity index (χ3n) is 3.50. The van der Waals surface area contributed by atoms with Gasteiger partial charge in [-0.2, -0.15) is 0 Å². The van der Waals surface area contributed by atoms with E-state index in [0.29, 0.717) is 24.8 Å². The van der Waals surface area contributed by atoms with Gasteiger partial charge in [-0.25, -0.2) is 9.59 Å². The molecule has 3 N–H and O–H groups in total. The van der Waals surface area contributed by atoms with Crippen molar-refractivity contribution in [1.82, 2.24) is 10.6 Å². The van der Waals surface area contributed by atoms with Crippen molar-refractivity contribution in [2.24, 2.45) is 5.92 Å². The Morgan fingerprint density at radius 2 is 2.13 bits per heavy atom. The van der Waals surface area contributed by atoms with Crippen LogP contribution >= 0.6 is 0 Å². The van der Waals surface area contributed by atoms with Crippen molar-refractivity contribution in [3.05, 3.63) is 23.7 Å². The van der Waals surface area contributed by atoms with Crippen molar-refractivity contribution in [3.63, 3.8) is 0 Å². The fourth-order valence-electron chi connectivity index (χ4n) is 2.23. The maximum atomic E-state index is 11.7. The zero-order chi connectivity index (χ0) is 17.0. The number of carboxylic acids is 1. The first-order chi connectivity index (χ1) is 10.7. The standard InChI is InChI=1S/C16H24N2O5/c1-16(2,3)23-15(21)18-8-13(10-4-5-10)17-7-12-6-11(9-22-12)14(19)20/h6,9-10,13,17H,4-5,7-8H2,1-3H3,(H,18,21)(H,19,20). The molecule has 1 aromatic heterocycles. The minimum absolute atomic E-state index is 0.112. The number of alkyl carbamates (subject to hydrolysis) is 1. The van der Waals surface area contributed by atoms with Gasteiger partial charge in [0, 0.05) is 12.6 Å². The minimum atomic E-state index is -1.01. The van der Waals surface area contributed by atoms with Crippen molar-refractivity contribution in [2.75, 3.05) is 6.54 Å². The summed E-state index contributed by atoms with van der Waals surface area (Å²) in [6.07, 6.45) is 3.03. The van der Waals surface area contributed by atoms with E-state index in [2.05, 4.69) is 10.6 Å². The number of ether oxygens (including phenoxy) is 1.